The first-order valence-electron chi connectivity index (χ1n) is 6.52. The van der Waals surface area contributed by atoms with Crippen molar-refractivity contribution >= 4 is 29.2 Å². The number of nitrogens with two attached hydrogens (primary N) is 1. The number of rotatable bonds is 5. The fourth-order valence-corrected chi connectivity index (χ4v) is 1.81. The quantitative estimate of drug-likeness (QED) is 0.571. The van der Waals surface area contributed by atoms with Gasteiger partial charge in [-0.25, -0.2) is 0 Å². The molecule has 1 aromatic rings. The Balaban J connectivity index is 2.46. The molecule has 5 nitrogen and oxygen atoms in total. The van der Waals surface area contributed by atoms with Crippen molar-refractivity contribution in [1.82, 2.24) is 5.32 Å². The lowest BCUT2D eigenvalue weighted by Gasteiger charge is -2.21. The maximum atomic E-state index is 9.83. The molecule has 118 valence electrons. The highest BCUT2D eigenvalue weighted by Gasteiger charge is 2.12. The van der Waals surface area contributed by atoms with E-state index in [-0.39, 0.29) is 24.7 Å². The summed E-state index contributed by atoms with van der Waals surface area (Å²) in [5.41, 5.74) is 5.53. The standard InChI is InChI=1S/C14H21Cl2N3O2/c1-14(2,3)19-13(17)18-7-9(20)8-21-11-6-4-5-10(15)12(11)16/h4-6,9,20H,7-8H2,1-3H3,(H3,17,18,19). The molecule has 0 aliphatic carbocycles. The minimum absolute atomic E-state index is 0.0480. The van der Waals surface area contributed by atoms with Gasteiger partial charge in [0.25, 0.3) is 0 Å². The Hall–Kier alpha value is -1.17. The summed E-state index contributed by atoms with van der Waals surface area (Å²) in [6, 6.07) is 5.06. The lowest BCUT2D eigenvalue weighted by Crippen LogP contribution is -2.45. The van der Waals surface area contributed by atoms with Crippen LogP contribution in [-0.2, 0) is 0 Å². The highest BCUT2D eigenvalue weighted by Crippen LogP contribution is 2.31. The Labute approximate surface area is 135 Å². The zero-order chi connectivity index (χ0) is 16.0. The second kappa shape index (κ2) is 7.73. The van der Waals surface area contributed by atoms with Gasteiger partial charge in [-0.15, -0.1) is 0 Å². The van der Waals surface area contributed by atoms with Crippen molar-refractivity contribution in [3.05, 3.63) is 28.2 Å². The molecule has 1 aromatic carbocycles. The molecule has 1 rings (SSSR count). The number of aliphatic hydroxyl groups excluding tert-OH is 1. The van der Waals surface area contributed by atoms with Gasteiger partial charge in [0, 0.05) is 5.54 Å². The molecule has 0 saturated heterocycles. The van der Waals surface area contributed by atoms with Crippen LogP contribution in [0.3, 0.4) is 0 Å². The Morgan fingerprint density at radius 2 is 2.10 bits per heavy atom. The number of hydrogen-bond acceptors (Lipinski definition) is 3. The van der Waals surface area contributed by atoms with Crippen LogP contribution in [0.2, 0.25) is 10.0 Å². The monoisotopic (exact) mass is 333 g/mol. The predicted molar refractivity (Wildman–Crippen MR) is 87.3 cm³/mol. The van der Waals surface area contributed by atoms with Gasteiger partial charge in [-0.1, -0.05) is 29.3 Å². The number of aliphatic hydroxyl groups is 1. The molecule has 1 atom stereocenters. The third kappa shape index (κ3) is 6.89. The molecule has 0 bridgehead atoms. The summed E-state index contributed by atoms with van der Waals surface area (Å²) in [5, 5.41) is 13.6. The lowest BCUT2D eigenvalue weighted by atomic mass is 10.1. The zero-order valence-electron chi connectivity index (χ0n) is 12.4. The number of nitrogens with one attached hydrogen (secondary N) is 1. The van der Waals surface area contributed by atoms with Crippen LogP contribution in [0.25, 0.3) is 0 Å². The molecule has 1 unspecified atom stereocenters. The molecular formula is C14H21Cl2N3O2. The van der Waals surface area contributed by atoms with Crippen molar-refractivity contribution in [2.45, 2.75) is 32.4 Å². The average molecular weight is 334 g/mol. The fraction of sp³-hybridized carbons (Fsp3) is 0.500. The summed E-state index contributed by atoms with van der Waals surface area (Å²) in [5.74, 6) is 0.704. The van der Waals surface area contributed by atoms with Crippen LogP contribution in [0.15, 0.2) is 23.2 Å². The Morgan fingerprint density at radius 3 is 2.71 bits per heavy atom. The zero-order valence-corrected chi connectivity index (χ0v) is 13.9. The van der Waals surface area contributed by atoms with Gasteiger partial charge in [-0.2, -0.15) is 0 Å². The molecule has 0 spiro atoms. The molecule has 0 aliphatic heterocycles. The van der Waals surface area contributed by atoms with Crippen molar-refractivity contribution < 1.29 is 9.84 Å². The van der Waals surface area contributed by atoms with Gasteiger partial charge in [0.15, 0.2) is 5.96 Å². The number of nitrogens with zero attached hydrogens (tertiary/aromatic N) is 1. The number of aliphatic imine (C=N–C) groups is 1. The molecule has 21 heavy (non-hydrogen) atoms. The topological polar surface area (TPSA) is 79.9 Å². The summed E-state index contributed by atoms with van der Waals surface area (Å²) in [6.45, 7) is 6.08. The van der Waals surface area contributed by atoms with E-state index in [9.17, 15) is 5.11 Å². The normalized spacial score (nSPS) is 13.9. The van der Waals surface area contributed by atoms with Gasteiger partial charge < -0.3 is 20.9 Å². The van der Waals surface area contributed by atoms with Crippen molar-refractivity contribution in [2.75, 3.05) is 13.2 Å². The smallest absolute Gasteiger partial charge is 0.189 e. The third-order valence-electron chi connectivity index (χ3n) is 2.32. The summed E-state index contributed by atoms with van der Waals surface area (Å²) in [4.78, 5) is 4.06. The van der Waals surface area contributed by atoms with Crippen LogP contribution in [0.5, 0.6) is 5.75 Å². The second-order valence-corrected chi connectivity index (χ2v) is 6.40. The molecule has 0 aliphatic rings. The molecule has 0 aromatic heterocycles. The summed E-state index contributed by atoms with van der Waals surface area (Å²) >= 11 is 11.9. The second-order valence-electron chi connectivity index (χ2n) is 5.62. The van der Waals surface area contributed by atoms with Crippen molar-refractivity contribution in [1.29, 1.82) is 0 Å². The van der Waals surface area contributed by atoms with Crippen molar-refractivity contribution in [3.8, 4) is 5.75 Å². The van der Waals surface area contributed by atoms with Crippen LogP contribution in [0, 0.1) is 0 Å². The first-order valence-corrected chi connectivity index (χ1v) is 7.27. The first-order chi connectivity index (χ1) is 9.69. The maximum absolute atomic E-state index is 9.83. The van der Waals surface area contributed by atoms with Gasteiger partial charge in [0.2, 0.25) is 0 Å². The lowest BCUT2D eigenvalue weighted by molar-refractivity contribution is 0.114. The molecule has 0 fully saturated rings. The summed E-state index contributed by atoms with van der Waals surface area (Å²) < 4.78 is 5.42. The van der Waals surface area contributed by atoms with Crippen LogP contribution in [0.1, 0.15) is 20.8 Å². The Bertz CT molecular complexity index is 501. The number of halogens is 2. The van der Waals surface area contributed by atoms with Gasteiger partial charge in [0.1, 0.15) is 23.5 Å². The molecule has 0 radical (unpaired) electrons. The minimum Gasteiger partial charge on any atom is -0.489 e. The summed E-state index contributed by atoms with van der Waals surface area (Å²) in [6.07, 6.45) is -0.791. The number of hydrogen-bond donors (Lipinski definition) is 3. The number of benzene rings is 1. The molecule has 0 saturated carbocycles. The molecular weight excluding hydrogens is 313 g/mol. The largest absolute Gasteiger partial charge is 0.489 e. The third-order valence-corrected chi connectivity index (χ3v) is 3.12. The van der Waals surface area contributed by atoms with E-state index in [1.807, 2.05) is 20.8 Å². The highest BCUT2D eigenvalue weighted by molar-refractivity contribution is 6.42. The Kier molecular flexibility index (Phi) is 6.58. The number of guanidine groups is 1. The summed E-state index contributed by atoms with van der Waals surface area (Å²) in [7, 11) is 0. The molecule has 0 amide bonds. The SMILES string of the molecule is CC(C)(C)NC(N)=NCC(O)COc1cccc(Cl)c1Cl. The van der Waals surface area contributed by atoms with Crippen molar-refractivity contribution in [3.63, 3.8) is 0 Å². The highest BCUT2D eigenvalue weighted by atomic mass is 35.5. The minimum atomic E-state index is -0.791. The van der Waals surface area contributed by atoms with Gasteiger partial charge in [-0.05, 0) is 32.9 Å². The predicted octanol–water partition coefficient (Wildman–Crippen LogP) is 2.44. The maximum Gasteiger partial charge on any atom is 0.189 e. The van der Waals surface area contributed by atoms with Crippen LogP contribution in [-0.4, -0.2) is 35.9 Å². The van der Waals surface area contributed by atoms with E-state index in [1.165, 1.54) is 0 Å². The van der Waals surface area contributed by atoms with Gasteiger partial charge >= 0.3 is 0 Å². The van der Waals surface area contributed by atoms with E-state index >= 15 is 0 Å². The van der Waals surface area contributed by atoms with Crippen LogP contribution < -0.4 is 15.8 Å². The molecule has 0 heterocycles. The number of ether oxygens (including phenoxy) is 1. The fourth-order valence-electron chi connectivity index (χ4n) is 1.46. The molecule has 7 heteroatoms. The van der Waals surface area contributed by atoms with Crippen molar-refractivity contribution in [2.24, 2.45) is 10.7 Å². The Morgan fingerprint density at radius 1 is 1.43 bits per heavy atom. The van der Waals surface area contributed by atoms with Gasteiger partial charge in [-0.3, -0.25) is 4.99 Å². The van der Waals surface area contributed by atoms with E-state index in [0.717, 1.165) is 0 Å². The van der Waals surface area contributed by atoms with Crippen LogP contribution >= 0.6 is 23.2 Å². The van der Waals surface area contributed by atoms with E-state index < -0.39 is 6.10 Å². The van der Waals surface area contributed by atoms with Gasteiger partial charge in [0.05, 0.1) is 11.6 Å². The molecule has 4 N–H and O–H groups in total. The van der Waals surface area contributed by atoms with E-state index in [2.05, 4.69) is 10.3 Å². The van der Waals surface area contributed by atoms with Crippen LogP contribution in [0.4, 0.5) is 0 Å². The van der Waals surface area contributed by atoms with E-state index in [0.29, 0.717) is 15.8 Å². The first kappa shape index (κ1) is 17.9. The van der Waals surface area contributed by atoms with E-state index in [1.54, 1.807) is 18.2 Å². The van der Waals surface area contributed by atoms with E-state index in [4.69, 9.17) is 33.7 Å². The average Bonchev–Trinajstić information content (AvgIpc) is 2.36.